The molecule has 4 heteroatoms. The maximum Gasteiger partial charge on any atom is 0.228 e. The Kier molecular flexibility index (Phi) is 2.44. The summed E-state index contributed by atoms with van der Waals surface area (Å²) in [6, 6.07) is 8.05. The Morgan fingerprint density at radius 1 is 1.44 bits per heavy atom. The Morgan fingerprint density at radius 2 is 2.28 bits per heavy atom. The van der Waals surface area contributed by atoms with E-state index in [1.54, 1.807) is 0 Å². The number of aromatic nitrogens is 2. The largest absolute Gasteiger partial charge is 0.326 e. The number of benzene rings is 1. The van der Waals surface area contributed by atoms with Crippen molar-refractivity contribution in [2.45, 2.75) is 26.8 Å². The second-order valence-corrected chi connectivity index (χ2v) is 4.54. The number of hydrogen-bond donors (Lipinski definition) is 1. The third-order valence-corrected chi connectivity index (χ3v) is 3.27. The van der Waals surface area contributed by atoms with Crippen LogP contribution in [0.5, 0.6) is 0 Å². The summed E-state index contributed by atoms with van der Waals surface area (Å²) in [4.78, 5) is 11.5. The molecule has 1 aromatic heterocycles. The van der Waals surface area contributed by atoms with Crippen molar-refractivity contribution in [2.75, 3.05) is 5.32 Å². The molecule has 0 saturated carbocycles. The normalized spacial score (nSPS) is 13.6. The maximum absolute atomic E-state index is 11.5. The molecular weight excluding hydrogens is 226 g/mol. The average Bonchev–Trinajstić information content (AvgIpc) is 2.90. The summed E-state index contributed by atoms with van der Waals surface area (Å²) in [5.74, 6) is 0.0664. The van der Waals surface area contributed by atoms with Gasteiger partial charge in [0.15, 0.2) is 0 Å². The molecule has 0 radical (unpaired) electrons. The number of hydrogen-bond acceptors (Lipinski definition) is 2. The summed E-state index contributed by atoms with van der Waals surface area (Å²) in [6.45, 7) is 4.89. The molecule has 0 unspecified atom stereocenters. The number of fused-ring (bicyclic) bond motifs is 1. The van der Waals surface area contributed by atoms with Crippen molar-refractivity contribution in [2.24, 2.45) is 0 Å². The fourth-order valence-electron chi connectivity index (χ4n) is 2.49. The zero-order valence-corrected chi connectivity index (χ0v) is 10.5. The van der Waals surface area contributed by atoms with Crippen molar-refractivity contribution in [3.8, 4) is 11.3 Å². The number of aryl methyl sites for hydroxylation is 2. The van der Waals surface area contributed by atoms with Crippen molar-refractivity contribution in [1.29, 1.82) is 0 Å². The summed E-state index contributed by atoms with van der Waals surface area (Å²) in [6.07, 6.45) is 0.458. The van der Waals surface area contributed by atoms with Gasteiger partial charge in [-0.15, -0.1) is 0 Å². The Bertz CT molecular complexity index is 628. The van der Waals surface area contributed by atoms with E-state index < -0.39 is 0 Å². The molecule has 0 fully saturated rings. The van der Waals surface area contributed by atoms with Crippen molar-refractivity contribution in [3.63, 3.8) is 0 Å². The number of rotatable bonds is 2. The van der Waals surface area contributed by atoms with Crippen LogP contribution in [0.1, 0.15) is 18.2 Å². The van der Waals surface area contributed by atoms with E-state index in [9.17, 15) is 4.79 Å². The molecule has 4 nitrogen and oxygen atoms in total. The Balaban J connectivity index is 2.18. The number of carbonyl (C=O) groups is 1. The summed E-state index contributed by atoms with van der Waals surface area (Å²) >= 11 is 0. The van der Waals surface area contributed by atoms with Gasteiger partial charge in [0.1, 0.15) is 0 Å². The Morgan fingerprint density at radius 3 is 3.06 bits per heavy atom. The van der Waals surface area contributed by atoms with Gasteiger partial charge >= 0.3 is 0 Å². The molecule has 0 aliphatic carbocycles. The topological polar surface area (TPSA) is 46.9 Å². The summed E-state index contributed by atoms with van der Waals surface area (Å²) in [7, 11) is 0. The van der Waals surface area contributed by atoms with E-state index in [2.05, 4.69) is 29.5 Å². The predicted molar refractivity (Wildman–Crippen MR) is 70.4 cm³/mol. The molecule has 1 aromatic carbocycles. The first-order valence-corrected chi connectivity index (χ1v) is 6.15. The first-order valence-electron chi connectivity index (χ1n) is 6.15. The number of nitrogens with one attached hydrogen (secondary N) is 1. The average molecular weight is 241 g/mol. The number of anilines is 1. The molecular formula is C14H15N3O. The second-order valence-electron chi connectivity index (χ2n) is 4.54. The maximum atomic E-state index is 11.5. The van der Waals surface area contributed by atoms with Crippen LogP contribution in [0.15, 0.2) is 24.3 Å². The minimum atomic E-state index is 0.0664. The SMILES string of the molecule is CCn1nc(C)cc1-c1cccc2c1CC(=O)N2. The van der Waals surface area contributed by atoms with Crippen molar-refractivity contribution in [3.05, 3.63) is 35.5 Å². The van der Waals surface area contributed by atoms with Crippen LogP contribution < -0.4 is 5.32 Å². The standard InChI is InChI=1S/C14H15N3O/c1-3-17-13(7-9(2)16-17)10-5-4-6-12-11(10)8-14(18)15-12/h4-7H,3,8H2,1-2H3,(H,15,18). The van der Waals surface area contributed by atoms with Gasteiger partial charge in [0.2, 0.25) is 5.91 Å². The van der Waals surface area contributed by atoms with Crippen LogP contribution in [-0.4, -0.2) is 15.7 Å². The van der Waals surface area contributed by atoms with Gasteiger partial charge in [0.25, 0.3) is 0 Å². The highest BCUT2D eigenvalue weighted by Crippen LogP contribution is 2.33. The quantitative estimate of drug-likeness (QED) is 0.877. The van der Waals surface area contributed by atoms with Crippen LogP contribution in [0.25, 0.3) is 11.3 Å². The Hall–Kier alpha value is -2.10. The van der Waals surface area contributed by atoms with Crippen LogP contribution in [-0.2, 0) is 17.8 Å². The molecule has 2 heterocycles. The summed E-state index contributed by atoms with van der Waals surface area (Å²) in [5.41, 5.74) is 5.20. The lowest BCUT2D eigenvalue weighted by Gasteiger charge is -2.08. The molecule has 0 saturated heterocycles. The first-order chi connectivity index (χ1) is 8.69. The van der Waals surface area contributed by atoms with E-state index in [0.717, 1.165) is 34.7 Å². The molecule has 1 N–H and O–H groups in total. The highest BCUT2D eigenvalue weighted by atomic mass is 16.1. The minimum Gasteiger partial charge on any atom is -0.326 e. The van der Waals surface area contributed by atoms with E-state index in [0.29, 0.717) is 6.42 Å². The smallest absolute Gasteiger partial charge is 0.228 e. The van der Waals surface area contributed by atoms with Gasteiger partial charge in [-0.1, -0.05) is 12.1 Å². The van der Waals surface area contributed by atoms with E-state index in [4.69, 9.17) is 0 Å². The van der Waals surface area contributed by atoms with Crippen LogP contribution in [0, 0.1) is 6.92 Å². The molecule has 2 aromatic rings. The van der Waals surface area contributed by atoms with E-state index in [1.165, 1.54) is 0 Å². The third-order valence-electron chi connectivity index (χ3n) is 3.27. The van der Waals surface area contributed by atoms with E-state index >= 15 is 0 Å². The fraction of sp³-hybridized carbons (Fsp3) is 0.286. The monoisotopic (exact) mass is 241 g/mol. The third kappa shape index (κ3) is 1.61. The Labute approximate surface area is 106 Å². The lowest BCUT2D eigenvalue weighted by molar-refractivity contribution is -0.115. The molecule has 92 valence electrons. The molecule has 0 spiro atoms. The highest BCUT2D eigenvalue weighted by Gasteiger charge is 2.22. The molecule has 1 amide bonds. The van der Waals surface area contributed by atoms with Gasteiger partial charge < -0.3 is 5.32 Å². The van der Waals surface area contributed by atoms with Crippen LogP contribution in [0.2, 0.25) is 0 Å². The number of carbonyl (C=O) groups excluding carboxylic acids is 1. The van der Waals surface area contributed by atoms with Gasteiger partial charge in [0, 0.05) is 17.8 Å². The van der Waals surface area contributed by atoms with Gasteiger partial charge in [-0.3, -0.25) is 9.48 Å². The molecule has 0 atom stereocenters. The highest BCUT2D eigenvalue weighted by molar-refractivity contribution is 6.01. The fourth-order valence-corrected chi connectivity index (χ4v) is 2.49. The molecule has 1 aliphatic heterocycles. The number of nitrogens with zero attached hydrogens (tertiary/aromatic N) is 2. The van der Waals surface area contributed by atoms with E-state index in [1.807, 2.05) is 23.7 Å². The predicted octanol–water partition coefficient (Wildman–Crippen LogP) is 2.37. The second kappa shape index (κ2) is 3.98. The zero-order chi connectivity index (χ0) is 12.7. The molecule has 18 heavy (non-hydrogen) atoms. The van der Waals surface area contributed by atoms with Crippen molar-refractivity contribution in [1.82, 2.24) is 9.78 Å². The van der Waals surface area contributed by atoms with E-state index in [-0.39, 0.29) is 5.91 Å². The lowest BCUT2D eigenvalue weighted by atomic mass is 10.0. The molecule has 1 aliphatic rings. The van der Waals surface area contributed by atoms with Crippen molar-refractivity contribution >= 4 is 11.6 Å². The van der Waals surface area contributed by atoms with Gasteiger partial charge in [-0.05, 0) is 31.5 Å². The van der Waals surface area contributed by atoms with Crippen LogP contribution in [0.3, 0.4) is 0 Å². The zero-order valence-electron chi connectivity index (χ0n) is 10.5. The molecule has 0 bridgehead atoms. The first kappa shape index (κ1) is 11.0. The minimum absolute atomic E-state index is 0.0664. The van der Waals surface area contributed by atoms with Gasteiger partial charge in [-0.2, -0.15) is 5.10 Å². The van der Waals surface area contributed by atoms with Crippen molar-refractivity contribution < 1.29 is 4.79 Å². The van der Waals surface area contributed by atoms with Crippen LogP contribution >= 0.6 is 0 Å². The summed E-state index contributed by atoms with van der Waals surface area (Å²) in [5, 5.41) is 7.34. The van der Waals surface area contributed by atoms with Gasteiger partial charge in [0.05, 0.1) is 17.8 Å². The summed E-state index contributed by atoms with van der Waals surface area (Å²) < 4.78 is 1.98. The number of amides is 1. The van der Waals surface area contributed by atoms with Gasteiger partial charge in [-0.25, -0.2) is 0 Å². The molecule has 3 rings (SSSR count). The lowest BCUT2D eigenvalue weighted by Crippen LogP contribution is -2.03. The van der Waals surface area contributed by atoms with Crippen LogP contribution in [0.4, 0.5) is 5.69 Å².